The highest BCUT2D eigenvalue weighted by molar-refractivity contribution is 6.32. The third kappa shape index (κ3) is 7.59. The number of fused-ring (bicyclic) bond motifs is 1. The molecule has 0 saturated carbocycles. The molecule has 216 valence electrons. The molecule has 3 aromatic carbocycles. The Balaban J connectivity index is 1.16. The van der Waals surface area contributed by atoms with Crippen molar-refractivity contribution in [2.45, 2.75) is 6.61 Å². The van der Waals surface area contributed by atoms with E-state index in [0.717, 1.165) is 41.8 Å². The number of nitrogens with zero attached hydrogens (tertiary/aromatic N) is 5. The summed E-state index contributed by atoms with van der Waals surface area (Å²) >= 11 is 6.47. The first-order chi connectivity index (χ1) is 20.5. The van der Waals surface area contributed by atoms with E-state index in [-0.39, 0.29) is 18.3 Å². The van der Waals surface area contributed by atoms with Crippen LogP contribution >= 0.6 is 11.6 Å². The van der Waals surface area contributed by atoms with Gasteiger partial charge in [-0.15, -0.1) is 0 Å². The molecule has 0 bridgehead atoms. The maximum atomic E-state index is 13.4. The summed E-state index contributed by atoms with van der Waals surface area (Å²) in [6, 6.07) is 17.3. The van der Waals surface area contributed by atoms with E-state index in [1.165, 1.54) is 24.5 Å². The van der Waals surface area contributed by atoms with Crippen LogP contribution in [0.1, 0.15) is 11.1 Å². The normalized spacial score (nSPS) is 13.8. The van der Waals surface area contributed by atoms with Gasteiger partial charge in [-0.05, 0) is 59.7 Å². The third-order valence-corrected chi connectivity index (χ3v) is 7.07. The summed E-state index contributed by atoms with van der Waals surface area (Å²) in [6.45, 7) is 7.87. The molecular weight excluding hydrogens is 559 g/mol. The number of hydrogen-bond donors (Lipinski definition) is 1. The van der Waals surface area contributed by atoms with Crippen LogP contribution in [0.5, 0.6) is 5.75 Å². The lowest BCUT2D eigenvalue weighted by Crippen LogP contribution is -2.48. The number of halogens is 2. The molecule has 2 heterocycles. The van der Waals surface area contributed by atoms with Gasteiger partial charge in [-0.25, -0.2) is 14.4 Å². The van der Waals surface area contributed by atoms with Gasteiger partial charge in [0.25, 0.3) is 0 Å². The molecule has 0 atom stereocenters. The number of hydrogen-bond acceptors (Lipinski definition) is 8. The van der Waals surface area contributed by atoms with Crippen molar-refractivity contribution in [3.8, 4) is 5.75 Å². The number of ether oxygens (including phenoxy) is 1. The first-order valence-corrected chi connectivity index (χ1v) is 13.8. The third-order valence-electron chi connectivity index (χ3n) is 6.77. The standard InChI is InChI=1S/C31H30ClFN6O3/c1-2-30(40)39-12-10-38(11-13-39)14-15-42-36-19-22-6-8-28-26(17-22)31(35-21-34-28)37-25-7-9-29(27(32)18-25)41-20-23-4-3-5-24(33)16-23/h2-9,16-19,21H,1,10-15,20H2,(H,34,35,37)/b36-19+. The smallest absolute Gasteiger partial charge is 0.246 e. The summed E-state index contributed by atoms with van der Waals surface area (Å²) in [4.78, 5) is 30.0. The van der Waals surface area contributed by atoms with Gasteiger partial charge in [0.05, 0.1) is 16.8 Å². The van der Waals surface area contributed by atoms with E-state index in [4.69, 9.17) is 21.2 Å². The summed E-state index contributed by atoms with van der Waals surface area (Å²) in [5.41, 5.74) is 3.02. The Morgan fingerprint density at radius 3 is 2.74 bits per heavy atom. The molecule has 0 aliphatic carbocycles. The molecule has 9 nitrogen and oxygen atoms in total. The zero-order valence-electron chi connectivity index (χ0n) is 22.9. The predicted octanol–water partition coefficient (Wildman–Crippen LogP) is 5.43. The molecule has 5 rings (SSSR count). The van der Waals surface area contributed by atoms with Gasteiger partial charge in [0.15, 0.2) is 0 Å². The number of aromatic nitrogens is 2. The molecule has 1 aromatic heterocycles. The minimum absolute atomic E-state index is 0.0276. The second-order valence-corrected chi connectivity index (χ2v) is 10.0. The topological polar surface area (TPSA) is 92.2 Å². The second-order valence-electron chi connectivity index (χ2n) is 9.63. The van der Waals surface area contributed by atoms with Gasteiger partial charge in [0.1, 0.15) is 36.9 Å². The van der Waals surface area contributed by atoms with E-state index in [1.54, 1.807) is 35.4 Å². The Morgan fingerprint density at radius 2 is 1.95 bits per heavy atom. The number of rotatable bonds is 11. The molecule has 1 N–H and O–H groups in total. The van der Waals surface area contributed by atoms with Gasteiger partial charge in [0, 0.05) is 43.8 Å². The van der Waals surface area contributed by atoms with E-state index >= 15 is 0 Å². The monoisotopic (exact) mass is 588 g/mol. The number of carbonyl (C=O) groups is 1. The number of amides is 1. The Labute approximate surface area is 248 Å². The Bertz CT molecular complexity index is 1590. The first kappa shape index (κ1) is 29.0. The average Bonchev–Trinajstić information content (AvgIpc) is 3.01. The summed E-state index contributed by atoms with van der Waals surface area (Å²) in [5.74, 6) is 0.753. The average molecular weight is 589 g/mol. The molecular formula is C31H30ClFN6O3. The number of nitrogens with one attached hydrogen (secondary N) is 1. The lowest BCUT2D eigenvalue weighted by atomic mass is 10.1. The zero-order valence-corrected chi connectivity index (χ0v) is 23.6. The lowest BCUT2D eigenvalue weighted by molar-refractivity contribution is -0.127. The van der Waals surface area contributed by atoms with Gasteiger partial charge in [0.2, 0.25) is 5.91 Å². The lowest BCUT2D eigenvalue weighted by Gasteiger charge is -2.33. The maximum Gasteiger partial charge on any atom is 0.246 e. The molecule has 1 saturated heterocycles. The van der Waals surface area contributed by atoms with Crippen molar-refractivity contribution < 1.29 is 18.8 Å². The molecule has 0 unspecified atom stereocenters. The largest absolute Gasteiger partial charge is 0.487 e. The number of anilines is 2. The van der Waals surface area contributed by atoms with E-state index in [0.29, 0.717) is 41.8 Å². The fraction of sp³-hybridized carbons (Fsp3) is 0.226. The fourth-order valence-corrected chi connectivity index (χ4v) is 4.75. The second kappa shape index (κ2) is 13.9. The van der Waals surface area contributed by atoms with Crippen LogP contribution in [0.3, 0.4) is 0 Å². The fourth-order valence-electron chi connectivity index (χ4n) is 4.52. The van der Waals surface area contributed by atoms with Gasteiger partial charge < -0.3 is 19.8 Å². The van der Waals surface area contributed by atoms with Crippen molar-refractivity contribution in [2.24, 2.45) is 5.16 Å². The molecule has 1 amide bonds. The predicted molar refractivity (Wildman–Crippen MR) is 162 cm³/mol. The molecule has 42 heavy (non-hydrogen) atoms. The Hall–Kier alpha value is -4.54. The number of carbonyl (C=O) groups excluding carboxylic acids is 1. The summed E-state index contributed by atoms with van der Waals surface area (Å²) in [6.07, 6.45) is 4.50. The van der Waals surface area contributed by atoms with Crippen molar-refractivity contribution in [3.05, 3.63) is 102 Å². The van der Waals surface area contributed by atoms with Gasteiger partial charge in [-0.1, -0.05) is 41.5 Å². The first-order valence-electron chi connectivity index (χ1n) is 13.5. The van der Waals surface area contributed by atoms with Gasteiger partial charge in [-0.2, -0.15) is 0 Å². The SMILES string of the molecule is C=CC(=O)N1CCN(CCO/N=C/c2ccc3ncnc(Nc4ccc(OCc5cccc(F)c5)c(Cl)c4)c3c2)CC1. The summed E-state index contributed by atoms with van der Waals surface area (Å²) < 4.78 is 19.2. The van der Waals surface area contributed by atoms with Crippen LogP contribution in [0.2, 0.25) is 5.02 Å². The minimum Gasteiger partial charge on any atom is -0.487 e. The van der Waals surface area contributed by atoms with Crippen LogP contribution in [0.4, 0.5) is 15.9 Å². The van der Waals surface area contributed by atoms with Gasteiger partial charge >= 0.3 is 0 Å². The Kier molecular flexibility index (Phi) is 9.58. The minimum atomic E-state index is -0.314. The number of oxime groups is 1. The molecule has 1 fully saturated rings. The van der Waals surface area contributed by atoms with Crippen molar-refractivity contribution in [1.82, 2.24) is 19.8 Å². The number of benzene rings is 3. The Morgan fingerprint density at radius 1 is 1.10 bits per heavy atom. The van der Waals surface area contributed by atoms with Crippen LogP contribution in [-0.2, 0) is 16.2 Å². The highest BCUT2D eigenvalue weighted by Gasteiger charge is 2.19. The van der Waals surface area contributed by atoms with Crippen molar-refractivity contribution >= 4 is 46.1 Å². The van der Waals surface area contributed by atoms with Crippen molar-refractivity contribution in [3.63, 3.8) is 0 Å². The van der Waals surface area contributed by atoms with Crippen molar-refractivity contribution in [1.29, 1.82) is 0 Å². The van der Waals surface area contributed by atoms with Crippen molar-refractivity contribution in [2.75, 3.05) is 44.6 Å². The molecule has 11 heteroatoms. The highest BCUT2D eigenvalue weighted by atomic mass is 35.5. The van der Waals surface area contributed by atoms with Crippen LogP contribution in [0, 0.1) is 5.82 Å². The van der Waals surface area contributed by atoms with Crippen LogP contribution in [0.25, 0.3) is 10.9 Å². The molecule has 0 radical (unpaired) electrons. The summed E-state index contributed by atoms with van der Waals surface area (Å²) in [7, 11) is 0. The van der Waals surface area contributed by atoms with E-state index < -0.39 is 0 Å². The zero-order chi connectivity index (χ0) is 29.3. The van der Waals surface area contributed by atoms with Gasteiger partial charge in [-0.3, -0.25) is 9.69 Å². The number of piperazine rings is 1. The van der Waals surface area contributed by atoms with Crippen LogP contribution in [-0.4, -0.2) is 71.2 Å². The highest BCUT2D eigenvalue weighted by Crippen LogP contribution is 2.31. The van der Waals surface area contributed by atoms with Crippen LogP contribution in [0.15, 0.2) is 84.8 Å². The molecule has 4 aromatic rings. The molecule has 0 spiro atoms. The van der Waals surface area contributed by atoms with E-state index in [2.05, 4.69) is 31.9 Å². The molecule has 1 aliphatic heterocycles. The quantitative estimate of drug-likeness (QED) is 0.108. The molecule has 1 aliphatic rings. The van der Waals surface area contributed by atoms with Crippen LogP contribution < -0.4 is 10.1 Å². The summed E-state index contributed by atoms with van der Waals surface area (Å²) in [5, 5.41) is 8.63. The van der Waals surface area contributed by atoms with E-state index in [9.17, 15) is 9.18 Å². The van der Waals surface area contributed by atoms with E-state index in [1.807, 2.05) is 24.3 Å². The maximum absolute atomic E-state index is 13.4.